The molecule has 1 aromatic carbocycles. The van der Waals surface area contributed by atoms with Crippen LogP contribution in [0.3, 0.4) is 0 Å². The van der Waals surface area contributed by atoms with Gasteiger partial charge in [0.15, 0.2) is 0 Å². The predicted octanol–water partition coefficient (Wildman–Crippen LogP) is 3.05. The second kappa shape index (κ2) is 6.86. The average Bonchev–Trinajstić information content (AvgIpc) is 2.33. The van der Waals surface area contributed by atoms with E-state index in [1.54, 1.807) is 12.1 Å². The van der Waals surface area contributed by atoms with E-state index in [-0.39, 0.29) is 12.1 Å². The van der Waals surface area contributed by atoms with Crippen LogP contribution in [0.5, 0.6) is 0 Å². The van der Waals surface area contributed by atoms with Gasteiger partial charge in [-0.15, -0.1) is 0 Å². The lowest BCUT2D eigenvalue weighted by atomic mass is 10.1. The van der Waals surface area contributed by atoms with E-state index in [1.165, 1.54) is 6.07 Å². The fourth-order valence-electron chi connectivity index (χ4n) is 1.26. The monoisotopic (exact) mass is 297 g/mol. The minimum absolute atomic E-state index is 0.213. The Balaban J connectivity index is 2.76. The van der Waals surface area contributed by atoms with Crippen molar-refractivity contribution in [2.24, 2.45) is 5.11 Å². The third-order valence-corrected chi connectivity index (χ3v) is 2.51. The molecule has 0 saturated heterocycles. The Morgan fingerprint density at radius 1 is 1.65 bits per heavy atom. The normalized spacial score (nSPS) is 11.4. The molecule has 0 fully saturated rings. The third-order valence-electron chi connectivity index (χ3n) is 2.02. The summed E-state index contributed by atoms with van der Waals surface area (Å²) in [7, 11) is 0. The molecule has 0 aromatic heterocycles. The molecule has 0 bridgehead atoms. The van der Waals surface area contributed by atoms with Crippen molar-refractivity contribution >= 4 is 15.9 Å². The van der Waals surface area contributed by atoms with Crippen LogP contribution in [0.2, 0.25) is 0 Å². The van der Waals surface area contributed by atoms with Crippen LogP contribution >= 0.6 is 15.9 Å². The van der Waals surface area contributed by atoms with E-state index >= 15 is 0 Å². The predicted molar refractivity (Wildman–Crippen MR) is 64.5 cm³/mol. The maximum Gasteiger partial charge on any atom is 0.129 e. The van der Waals surface area contributed by atoms with Crippen LogP contribution in [0.4, 0.5) is 4.39 Å². The van der Waals surface area contributed by atoms with Crippen LogP contribution in [-0.2, 0) is 0 Å². The van der Waals surface area contributed by atoms with Gasteiger partial charge >= 0.3 is 0 Å². The van der Waals surface area contributed by atoms with Gasteiger partial charge in [0, 0.05) is 28.0 Å². The highest BCUT2D eigenvalue weighted by atomic mass is 79.9. The summed E-state index contributed by atoms with van der Waals surface area (Å²) in [5.41, 5.74) is 8.35. The van der Waals surface area contributed by atoms with Crippen LogP contribution in [0.1, 0.15) is 11.6 Å². The van der Waals surface area contributed by atoms with Crippen molar-refractivity contribution in [1.29, 1.82) is 5.26 Å². The van der Waals surface area contributed by atoms with Crippen LogP contribution in [0.25, 0.3) is 10.4 Å². The van der Waals surface area contributed by atoms with Crippen molar-refractivity contribution in [3.05, 3.63) is 44.5 Å². The topological polar surface area (TPSA) is 84.6 Å². The molecule has 1 atom stereocenters. The molecule has 0 spiro atoms. The van der Waals surface area contributed by atoms with E-state index in [0.717, 1.165) is 0 Å². The minimum Gasteiger partial charge on any atom is -0.298 e. The molecule has 88 valence electrons. The summed E-state index contributed by atoms with van der Waals surface area (Å²) in [5.74, 6) is -0.448. The van der Waals surface area contributed by atoms with Gasteiger partial charge < -0.3 is 0 Å². The summed E-state index contributed by atoms with van der Waals surface area (Å²) >= 11 is 3.22. The molecule has 17 heavy (non-hydrogen) atoms. The molecule has 0 aliphatic rings. The molecule has 0 heterocycles. The summed E-state index contributed by atoms with van der Waals surface area (Å²) in [5, 5.41) is 15.1. The zero-order valence-corrected chi connectivity index (χ0v) is 10.4. The molecule has 1 N–H and O–H groups in total. The van der Waals surface area contributed by atoms with Gasteiger partial charge in [0.2, 0.25) is 0 Å². The highest BCUT2D eigenvalue weighted by molar-refractivity contribution is 9.10. The number of halogens is 2. The zero-order valence-electron chi connectivity index (χ0n) is 8.77. The molecule has 0 aliphatic carbocycles. The van der Waals surface area contributed by atoms with Crippen LogP contribution in [0.15, 0.2) is 27.8 Å². The van der Waals surface area contributed by atoms with Gasteiger partial charge in [0.25, 0.3) is 0 Å². The maximum absolute atomic E-state index is 13.5. The molecule has 1 aromatic rings. The van der Waals surface area contributed by atoms with E-state index in [9.17, 15) is 4.39 Å². The molecule has 0 radical (unpaired) electrons. The molecule has 5 nitrogen and oxygen atoms in total. The van der Waals surface area contributed by atoms with Gasteiger partial charge in [-0.25, -0.2) is 4.39 Å². The molecule has 1 rings (SSSR count). The lowest BCUT2D eigenvalue weighted by Crippen LogP contribution is -2.23. The first-order chi connectivity index (χ1) is 8.19. The van der Waals surface area contributed by atoms with Gasteiger partial charge in [-0.05, 0) is 23.7 Å². The van der Waals surface area contributed by atoms with Crippen molar-refractivity contribution in [3.63, 3.8) is 0 Å². The Bertz CT molecular complexity index is 478. The van der Waals surface area contributed by atoms with E-state index < -0.39 is 11.9 Å². The summed E-state index contributed by atoms with van der Waals surface area (Å²) < 4.78 is 14.2. The number of benzene rings is 1. The quantitative estimate of drug-likeness (QED) is 0.392. The van der Waals surface area contributed by atoms with E-state index in [4.69, 9.17) is 10.8 Å². The van der Waals surface area contributed by atoms with Crippen molar-refractivity contribution in [2.75, 3.05) is 13.1 Å². The number of nitriles is 1. The summed E-state index contributed by atoms with van der Waals surface area (Å²) in [6, 6.07) is 5.59. The first-order valence-electron chi connectivity index (χ1n) is 4.78. The van der Waals surface area contributed by atoms with E-state index in [0.29, 0.717) is 11.0 Å². The number of rotatable bonds is 5. The van der Waals surface area contributed by atoms with Crippen molar-refractivity contribution in [3.8, 4) is 6.07 Å². The number of nitrogens with one attached hydrogen (secondary N) is 1. The number of hydrogen-bond donors (Lipinski definition) is 1. The molecule has 0 aliphatic heterocycles. The first kappa shape index (κ1) is 13.5. The molecule has 7 heteroatoms. The molecule has 0 amide bonds. The van der Waals surface area contributed by atoms with E-state index in [2.05, 4.69) is 31.3 Å². The SMILES string of the molecule is N#CC(NCCN=[N+]=[N-])c1cc(Br)ccc1F. The van der Waals surface area contributed by atoms with Gasteiger partial charge in [-0.3, -0.25) is 5.32 Å². The Labute approximate surface area is 106 Å². The highest BCUT2D eigenvalue weighted by Crippen LogP contribution is 2.21. The van der Waals surface area contributed by atoms with Gasteiger partial charge in [-0.1, -0.05) is 21.0 Å². The van der Waals surface area contributed by atoms with Crippen LogP contribution in [0, 0.1) is 17.1 Å². The Morgan fingerprint density at radius 2 is 2.41 bits per heavy atom. The second-order valence-corrected chi connectivity index (χ2v) is 4.05. The summed E-state index contributed by atoms with van der Waals surface area (Å²) in [6.07, 6.45) is 0. The minimum atomic E-state index is -0.763. The fourth-order valence-corrected chi connectivity index (χ4v) is 1.64. The largest absolute Gasteiger partial charge is 0.298 e. The van der Waals surface area contributed by atoms with Crippen LogP contribution < -0.4 is 5.32 Å². The molecular formula is C10H9BrFN5. The number of azide groups is 1. The fraction of sp³-hybridized carbons (Fsp3) is 0.300. The highest BCUT2D eigenvalue weighted by Gasteiger charge is 2.14. The third kappa shape index (κ3) is 4.04. The molecule has 0 saturated carbocycles. The molecule has 1 unspecified atom stereocenters. The Hall–Kier alpha value is -1.61. The summed E-state index contributed by atoms with van der Waals surface area (Å²) in [6.45, 7) is 0.526. The van der Waals surface area contributed by atoms with E-state index in [1.807, 2.05) is 6.07 Å². The molecular weight excluding hydrogens is 289 g/mol. The van der Waals surface area contributed by atoms with Crippen LogP contribution in [-0.4, -0.2) is 13.1 Å². The number of hydrogen-bond acceptors (Lipinski definition) is 3. The lowest BCUT2D eigenvalue weighted by molar-refractivity contribution is 0.565. The average molecular weight is 298 g/mol. The first-order valence-corrected chi connectivity index (χ1v) is 5.57. The zero-order chi connectivity index (χ0) is 12.7. The van der Waals surface area contributed by atoms with Gasteiger partial charge in [-0.2, -0.15) is 5.26 Å². The second-order valence-electron chi connectivity index (χ2n) is 3.14. The van der Waals surface area contributed by atoms with Crippen molar-refractivity contribution in [2.45, 2.75) is 6.04 Å². The van der Waals surface area contributed by atoms with Gasteiger partial charge in [0.1, 0.15) is 11.9 Å². The van der Waals surface area contributed by atoms with Gasteiger partial charge in [0.05, 0.1) is 6.07 Å². The standard InChI is InChI=1S/C10H9BrFN5/c11-7-1-2-9(12)8(5-7)10(6-13)15-3-4-16-17-14/h1-2,5,10,15H,3-4H2. The van der Waals surface area contributed by atoms with Crippen molar-refractivity contribution < 1.29 is 4.39 Å². The summed E-state index contributed by atoms with van der Waals surface area (Å²) in [4.78, 5) is 2.58. The lowest BCUT2D eigenvalue weighted by Gasteiger charge is -2.12. The maximum atomic E-state index is 13.5. The van der Waals surface area contributed by atoms with Crippen molar-refractivity contribution in [1.82, 2.24) is 5.32 Å². The number of nitrogens with zero attached hydrogens (tertiary/aromatic N) is 4. The Morgan fingerprint density at radius 3 is 3.06 bits per heavy atom. The Kier molecular flexibility index (Phi) is 5.43. The smallest absolute Gasteiger partial charge is 0.129 e.